The molecule has 0 saturated heterocycles. The van der Waals surface area contributed by atoms with E-state index in [4.69, 9.17) is 4.74 Å². The molecule has 18 heavy (non-hydrogen) atoms. The second-order valence-electron chi connectivity index (χ2n) is 4.17. The van der Waals surface area contributed by atoms with Gasteiger partial charge in [0.2, 0.25) is 0 Å². The van der Waals surface area contributed by atoms with Crippen LogP contribution in [0.15, 0.2) is 47.7 Å². The summed E-state index contributed by atoms with van der Waals surface area (Å²) in [5, 5.41) is 0. The summed E-state index contributed by atoms with van der Waals surface area (Å²) < 4.78 is 45.3. The number of rotatable bonds is 1. The highest BCUT2D eigenvalue weighted by Crippen LogP contribution is 2.48. The summed E-state index contributed by atoms with van der Waals surface area (Å²) in [4.78, 5) is 3.71. The third-order valence-corrected chi connectivity index (χ3v) is 2.81. The Labute approximate surface area is 103 Å². The first-order chi connectivity index (χ1) is 8.35. The van der Waals surface area contributed by atoms with Gasteiger partial charge in [0.15, 0.2) is 11.4 Å². The lowest BCUT2D eigenvalue weighted by atomic mass is 9.85. The van der Waals surface area contributed by atoms with Crippen LogP contribution in [-0.4, -0.2) is 12.1 Å². The van der Waals surface area contributed by atoms with Crippen LogP contribution in [-0.2, 0) is 10.3 Å². The van der Waals surface area contributed by atoms with Crippen molar-refractivity contribution >= 4 is 5.90 Å². The third kappa shape index (κ3) is 2.00. The average Bonchev–Trinajstić information content (AvgIpc) is 2.27. The van der Waals surface area contributed by atoms with Gasteiger partial charge in [-0.05, 0) is 5.56 Å². The maximum Gasteiger partial charge on any atom is 0.418 e. The summed E-state index contributed by atoms with van der Waals surface area (Å²) in [6.45, 7) is 4.89. The Morgan fingerprint density at radius 3 is 2.39 bits per heavy atom. The van der Waals surface area contributed by atoms with Crippen LogP contribution >= 0.6 is 0 Å². The fourth-order valence-electron chi connectivity index (χ4n) is 2.07. The van der Waals surface area contributed by atoms with E-state index in [2.05, 4.69) is 11.6 Å². The Morgan fingerprint density at radius 1 is 1.28 bits per heavy atom. The molecule has 1 unspecified atom stereocenters. The number of hydrogen-bond acceptors (Lipinski definition) is 2. The number of alkyl halides is 3. The van der Waals surface area contributed by atoms with Crippen molar-refractivity contribution in [3.63, 3.8) is 0 Å². The zero-order valence-electron chi connectivity index (χ0n) is 9.79. The number of ether oxygens (including phenoxy) is 1. The summed E-state index contributed by atoms with van der Waals surface area (Å²) in [5.41, 5.74) is -2.19. The molecule has 0 saturated carbocycles. The molecular weight excluding hydrogens is 243 g/mol. The first-order valence-electron chi connectivity index (χ1n) is 5.39. The molecule has 1 heterocycles. The molecule has 2 nitrogen and oxygen atoms in total. The van der Waals surface area contributed by atoms with Crippen LogP contribution in [0, 0.1) is 0 Å². The van der Waals surface area contributed by atoms with Crippen molar-refractivity contribution < 1.29 is 17.9 Å². The third-order valence-electron chi connectivity index (χ3n) is 2.81. The maximum absolute atomic E-state index is 13.4. The fraction of sp³-hybridized carbons (Fsp3) is 0.308. The van der Waals surface area contributed by atoms with Gasteiger partial charge >= 0.3 is 6.18 Å². The van der Waals surface area contributed by atoms with Gasteiger partial charge in [0.25, 0.3) is 0 Å². The largest absolute Gasteiger partial charge is 0.449 e. The molecule has 0 aliphatic carbocycles. The average molecular weight is 255 g/mol. The topological polar surface area (TPSA) is 21.6 Å². The van der Waals surface area contributed by atoms with Gasteiger partial charge in [-0.25, -0.2) is 4.99 Å². The molecule has 2 rings (SSSR count). The predicted molar refractivity (Wildman–Crippen MR) is 62.1 cm³/mol. The number of nitrogens with zero attached hydrogens (tertiary/aromatic N) is 1. The van der Waals surface area contributed by atoms with Crippen molar-refractivity contribution in [3.8, 4) is 0 Å². The SMILES string of the molecule is C=C1CC(c2ccccc2)(C(F)(F)F)N=C(C)O1. The van der Waals surface area contributed by atoms with E-state index in [0.29, 0.717) is 0 Å². The first kappa shape index (κ1) is 12.7. The first-order valence-corrected chi connectivity index (χ1v) is 5.39. The summed E-state index contributed by atoms with van der Waals surface area (Å²) in [7, 11) is 0. The summed E-state index contributed by atoms with van der Waals surface area (Å²) >= 11 is 0. The van der Waals surface area contributed by atoms with Gasteiger partial charge in [-0.2, -0.15) is 13.2 Å². The van der Waals surface area contributed by atoms with Crippen LogP contribution in [0.5, 0.6) is 0 Å². The number of benzene rings is 1. The molecule has 0 amide bonds. The van der Waals surface area contributed by atoms with E-state index in [0.717, 1.165) is 0 Å². The highest BCUT2D eigenvalue weighted by molar-refractivity contribution is 5.76. The van der Waals surface area contributed by atoms with Crippen molar-refractivity contribution in [2.75, 3.05) is 0 Å². The predicted octanol–water partition coefficient (Wildman–Crippen LogP) is 3.80. The second kappa shape index (κ2) is 4.15. The Morgan fingerprint density at radius 2 is 1.89 bits per heavy atom. The van der Waals surface area contributed by atoms with E-state index in [1.54, 1.807) is 18.2 Å². The summed E-state index contributed by atoms with van der Waals surface area (Å²) in [6, 6.07) is 7.63. The van der Waals surface area contributed by atoms with Crippen molar-refractivity contribution in [2.24, 2.45) is 4.99 Å². The normalized spacial score (nSPS) is 24.4. The van der Waals surface area contributed by atoms with Gasteiger partial charge in [0.1, 0.15) is 5.76 Å². The quantitative estimate of drug-likeness (QED) is 0.748. The van der Waals surface area contributed by atoms with Crippen LogP contribution in [0.3, 0.4) is 0 Å². The van der Waals surface area contributed by atoms with Crippen molar-refractivity contribution in [1.82, 2.24) is 0 Å². The molecule has 1 aromatic rings. The molecule has 0 spiro atoms. The maximum atomic E-state index is 13.4. The monoisotopic (exact) mass is 255 g/mol. The van der Waals surface area contributed by atoms with Gasteiger partial charge in [-0.15, -0.1) is 0 Å². The van der Waals surface area contributed by atoms with E-state index in [1.807, 2.05) is 0 Å². The highest BCUT2D eigenvalue weighted by Gasteiger charge is 2.58. The smallest absolute Gasteiger partial charge is 0.418 e. The lowest BCUT2D eigenvalue weighted by Crippen LogP contribution is -2.44. The molecule has 1 aliphatic rings. The minimum atomic E-state index is -4.50. The fourth-order valence-corrected chi connectivity index (χ4v) is 2.07. The highest BCUT2D eigenvalue weighted by atomic mass is 19.4. The van der Waals surface area contributed by atoms with E-state index in [-0.39, 0.29) is 17.2 Å². The lowest BCUT2D eigenvalue weighted by Gasteiger charge is -2.36. The number of hydrogen-bond donors (Lipinski definition) is 0. The van der Waals surface area contributed by atoms with Crippen LogP contribution in [0.2, 0.25) is 0 Å². The van der Waals surface area contributed by atoms with Crippen LogP contribution in [0.1, 0.15) is 18.9 Å². The minimum absolute atomic E-state index is 0.0209. The molecule has 0 radical (unpaired) electrons. The van der Waals surface area contributed by atoms with E-state index < -0.39 is 18.1 Å². The van der Waals surface area contributed by atoms with Gasteiger partial charge in [-0.3, -0.25) is 0 Å². The summed E-state index contributed by atoms with van der Waals surface area (Å²) in [5.74, 6) is 0.0520. The molecule has 1 aliphatic heterocycles. The van der Waals surface area contributed by atoms with Gasteiger partial charge < -0.3 is 4.74 Å². The molecular formula is C13H12F3NO. The van der Waals surface area contributed by atoms with Gasteiger partial charge in [0, 0.05) is 13.3 Å². The van der Waals surface area contributed by atoms with Crippen LogP contribution in [0.4, 0.5) is 13.2 Å². The minimum Gasteiger partial charge on any atom is -0.449 e. The van der Waals surface area contributed by atoms with Crippen molar-refractivity contribution in [2.45, 2.75) is 25.1 Å². The second-order valence-corrected chi connectivity index (χ2v) is 4.17. The number of aliphatic imine (C=N–C) groups is 1. The van der Waals surface area contributed by atoms with Gasteiger partial charge in [-0.1, -0.05) is 36.9 Å². The van der Waals surface area contributed by atoms with Crippen LogP contribution in [0.25, 0.3) is 0 Å². The Bertz CT molecular complexity index is 493. The molecule has 96 valence electrons. The van der Waals surface area contributed by atoms with Crippen molar-refractivity contribution in [3.05, 3.63) is 48.2 Å². The zero-order chi connectivity index (χ0) is 13.4. The lowest BCUT2D eigenvalue weighted by molar-refractivity contribution is -0.192. The molecule has 0 fully saturated rings. The standard InChI is InChI=1S/C13H12F3NO/c1-9-8-12(13(14,15)16,17-10(2)18-9)11-6-4-3-5-7-11/h3-7H,1,8H2,2H3. The summed E-state index contributed by atoms with van der Waals surface area (Å²) in [6.07, 6.45) is -4.89. The van der Waals surface area contributed by atoms with Crippen molar-refractivity contribution in [1.29, 1.82) is 0 Å². The Hall–Kier alpha value is -1.78. The van der Waals surface area contributed by atoms with E-state index in [9.17, 15) is 13.2 Å². The molecule has 0 aromatic heterocycles. The molecule has 1 atom stereocenters. The molecule has 1 aromatic carbocycles. The van der Waals surface area contributed by atoms with Crippen LogP contribution < -0.4 is 0 Å². The number of halogens is 3. The van der Waals surface area contributed by atoms with E-state index >= 15 is 0 Å². The Kier molecular flexibility index (Phi) is 2.92. The van der Waals surface area contributed by atoms with Gasteiger partial charge in [0.05, 0.1) is 0 Å². The molecule has 0 N–H and O–H groups in total. The molecule has 0 bridgehead atoms. The zero-order valence-corrected chi connectivity index (χ0v) is 9.79. The molecule has 5 heteroatoms. The Balaban J connectivity index is 2.63. The van der Waals surface area contributed by atoms with E-state index in [1.165, 1.54) is 19.1 Å².